The van der Waals surface area contributed by atoms with Crippen molar-refractivity contribution in [1.29, 1.82) is 0 Å². The number of nitrogens with zero attached hydrogens (tertiary/aromatic N) is 3. The molecule has 1 N–H and O–H groups in total. The van der Waals surface area contributed by atoms with Crippen LogP contribution in [-0.2, 0) is 4.79 Å². The zero-order valence-electron chi connectivity index (χ0n) is 10.2. The van der Waals surface area contributed by atoms with Gasteiger partial charge >= 0.3 is 0 Å². The second-order valence-electron chi connectivity index (χ2n) is 4.78. The van der Waals surface area contributed by atoms with Gasteiger partial charge in [-0.2, -0.15) is 21.4 Å². The summed E-state index contributed by atoms with van der Waals surface area (Å²) in [6.45, 7) is 0. The first-order valence-electron chi connectivity index (χ1n) is 6.29. The first-order chi connectivity index (χ1) is 9.34. The Labute approximate surface area is 114 Å². The van der Waals surface area contributed by atoms with Gasteiger partial charge in [0.15, 0.2) is 5.78 Å². The molecule has 19 heavy (non-hydrogen) atoms. The van der Waals surface area contributed by atoms with Gasteiger partial charge < -0.3 is 5.32 Å². The number of hydrogen-bond acceptors (Lipinski definition) is 5. The van der Waals surface area contributed by atoms with Gasteiger partial charge in [-0.3, -0.25) is 4.79 Å². The van der Waals surface area contributed by atoms with Crippen molar-refractivity contribution in [2.75, 3.05) is 5.32 Å². The van der Waals surface area contributed by atoms with E-state index in [2.05, 4.69) is 26.8 Å². The number of carbonyl (C=O) groups excluding carboxylic acids is 1. The number of carbonyl (C=O) groups is 1. The number of thiophene rings is 1. The van der Waals surface area contributed by atoms with Gasteiger partial charge in [0.2, 0.25) is 5.95 Å². The van der Waals surface area contributed by atoms with E-state index in [1.165, 1.54) is 6.33 Å². The highest BCUT2D eigenvalue weighted by Gasteiger charge is 2.35. The van der Waals surface area contributed by atoms with E-state index < -0.39 is 0 Å². The molecular formula is C13H12N4OS. The van der Waals surface area contributed by atoms with Gasteiger partial charge in [0.25, 0.3) is 0 Å². The van der Waals surface area contributed by atoms with Gasteiger partial charge in [-0.25, -0.2) is 4.68 Å². The van der Waals surface area contributed by atoms with Crippen LogP contribution in [-0.4, -0.2) is 20.5 Å². The topological polar surface area (TPSA) is 59.8 Å². The molecule has 0 aromatic carbocycles. The van der Waals surface area contributed by atoms with Crippen LogP contribution in [0.15, 0.2) is 34.4 Å². The van der Waals surface area contributed by atoms with Crippen LogP contribution in [0.25, 0.3) is 0 Å². The van der Waals surface area contributed by atoms with Gasteiger partial charge in [0, 0.05) is 17.7 Å². The van der Waals surface area contributed by atoms with Crippen molar-refractivity contribution in [3.63, 3.8) is 0 Å². The molecule has 96 valence electrons. The molecule has 2 aliphatic rings. The summed E-state index contributed by atoms with van der Waals surface area (Å²) in [5.41, 5.74) is 3.00. The fourth-order valence-corrected chi connectivity index (χ4v) is 3.51. The van der Waals surface area contributed by atoms with Gasteiger partial charge in [0.1, 0.15) is 12.4 Å². The second-order valence-corrected chi connectivity index (χ2v) is 5.56. The molecular weight excluding hydrogens is 260 g/mol. The van der Waals surface area contributed by atoms with E-state index in [0.717, 1.165) is 35.6 Å². The highest BCUT2D eigenvalue weighted by atomic mass is 32.1. The summed E-state index contributed by atoms with van der Waals surface area (Å²) in [4.78, 5) is 16.5. The molecule has 1 unspecified atom stereocenters. The number of hydrogen-bond donors (Lipinski definition) is 1. The Morgan fingerprint density at radius 2 is 2.37 bits per heavy atom. The van der Waals surface area contributed by atoms with Crippen molar-refractivity contribution in [1.82, 2.24) is 14.8 Å². The Bertz CT molecular complexity index is 671. The van der Waals surface area contributed by atoms with E-state index in [9.17, 15) is 4.79 Å². The summed E-state index contributed by atoms with van der Waals surface area (Å²) in [6, 6.07) is 1.94. The number of nitrogens with one attached hydrogen (secondary N) is 1. The third-order valence-corrected chi connectivity index (χ3v) is 4.37. The number of fused-ring (bicyclic) bond motifs is 1. The Kier molecular flexibility index (Phi) is 2.32. The molecule has 0 saturated carbocycles. The maximum atomic E-state index is 12.3. The van der Waals surface area contributed by atoms with Crippen LogP contribution in [0, 0.1) is 0 Å². The van der Waals surface area contributed by atoms with Crippen LogP contribution < -0.4 is 5.32 Å². The lowest BCUT2D eigenvalue weighted by atomic mass is 9.86. The molecule has 2 aromatic heterocycles. The lowest BCUT2D eigenvalue weighted by Gasteiger charge is -2.31. The molecule has 0 bridgehead atoms. The van der Waals surface area contributed by atoms with Crippen molar-refractivity contribution in [2.24, 2.45) is 0 Å². The molecule has 0 saturated heterocycles. The Morgan fingerprint density at radius 3 is 3.21 bits per heavy atom. The molecule has 0 fully saturated rings. The summed E-state index contributed by atoms with van der Waals surface area (Å²) in [7, 11) is 0. The molecule has 0 radical (unpaired) electrons. The van der Waals surface area contributed by atoms with Crippen molar-refractivity contribution in [3.8, 4) is 0 Å². The number of Topliss-reactive ketones (excluding diaryl/α,β-unsaturated/α-hetero) is 1. The lowest BCUT2D eigenvalue weighted by molar-refractivity contribution is -0.116. The fraction of sp³-hybridized carbons (Fsp3) is 0.308. The highest BCUT2D eigenvalue weighted by molar-refractivity contribution is 7.08. The average Bonchev–Trinajstić information content (AvgIpc) is 3.07. The third-order valence-electron chi connectivity index (χ3n) is 3.67. The average molecular weight is 272 g/mol. The van der Waals surface area contributed by atoms with Crippen LogP contribution in [0.4, 0.5) is 5.95 Å². The van der Waals surface area contributed by atoms with Crippen molar-refractivity contribution in [3.05, 3.63) is 40.0 Å². The van der Waals surface area contributed by atoms with Gasteiger partial charge in [0.05, 0.1) is 0 Å². The molecule has 1 atom stereocenters. The molecule has 6 heteroatoms. The molecule has 3 heterocycles. The largest absolute Gasteiger partial charge is 0.328 e. The molecule has 1 aliphatic carbocycles. The summed E-state index contributed by atoms with van der Waals surface area (Å²) >= 11 is 1.64. The maximum Gasteiger partial charge on any atom is 0.226 e. The van der Waals surface area contributed by atoms with Crippen LogP contribution in [0.5, 0.6) is 0 Å². The zero-order chi connectivity index (χ0) is 12.8. The van der Waals surface area contributed by atoms with Crippen LogP contribution in [0.2, 0.25) is 0 Å². The van der Waals surface area contributed by atoms with Gasteiger partial charge in [-0.1, -0.05) is 0 Å². The smallest absolute Gasteiger partial charge is 0.226 e. The van der Waals surface area contributed by atoms with E-state index in [1.807, 2.05) is 10.1 Å². The van der Waals surface area contributed by atoms with Crippen molar-refractivity contribution in [2.45, 2.75) is 25.3 Å². The summed E-state index contributed by atoms with van der Waals surface area (Å²) < 4.78 is 1.81. The van der Waals surface area contributed by atoms with Crippen LogP contribution in [0.1, 0.15) is 30.9 Å². The normalized spacial score (nSPS) is 21.9. The Balaban J connectivity index is 1.93. The first kappa shape index (κ1) is 10.9. The van der Waals surface area contributed by atoms with Gasteiger partial charge in [-0.15, -0.1) is 0 Å². The SMILES string of the molecule is O=C1CCCC2=C1C(c1ccsc1)n1ncnc1N2. The summed E-state index contributed by atoms with van der Waals surface area (Å²) in [5, 5.41) is 11.6. The summed E-state index contributed by atoms with van der Waals surface area (Å²) in [5.74, 6) is 0.954. The Hall–Kier alpha value is -1.95. The molecule has 4 rings (SSSR count). The molecule has 5 nitrogen and oxygen atoms in total. The number of allylic oxidation sites excluding steroid dienone is 2. The number of anilines is 1. The highest BCUT2D eigenvalue weighted by Crippen LogP contribution is 2.39. The van der Waals surface area contributed by atoms with E-state index in [0.29, 0.717) is 6.42 Å². The van der Waals surface area contributed by atoms with E-state index >= 15 is 0 Å². The van der Waals surface area contributed by atoms with E-state index in [-0.39, 0.29) is 11.8 Å². The number of rotatable bonds is 1. The van der Waals surface area contributed by atoms with E-state index in [4.69, 9.17) is 0 Å². The van der Waals surface area contributed by atoms with E-state index in [1.54, 1.807) is 11.3 Å². The second kappa shape index (κ2) is 4.03. The van der Waals surface area contributed by atoms with Gasteiger partial charge in [-0.05, 0) is 35.2 Å². The van der Waals surface area contributed by atoms with Crippen molar-refractivity contribution < 1.29 is 4.79 Å². The molecule has 0 amide bonds. The lowest BCUT2D eigenvalue weighted by Crippen LogP contribution is -2.31. The number of aromatic nitrogens is 3. The van der Waals surface area contributed by atoms with Crippen LogP contribution in [0.3, 0.4) is 0 Å². The van der Waals surface area contributed by atoms with Crippen molar-refractivity contribution >= 4 is 23.1 Å². The fourth-order valence-electron chi connectivity index (χ4n) is 2.83. The number of ketones is 1. The predicted molar refractivity (Wildman–Crippen MR) is 72.0 cm³/mol. The minimum Gasteiger partial charge on any atom is -0.328 e. The summed E-state index contributed by atoms with van der Waals surface area (Å²) in [6.07, 6.45) is 3.99. The molecule has 2 aromatic rings. The zero-order valence-corrected chi connectivity index (χ0v) is 11.0. The standard InChI is InChI=1S/C13H12N4OS/c18-10-3-1-2-9-11(10)12(8-4-5-19-6-8)17-13(16-9)14-7-15-17/h4-7,12H,1-3H2,(H,14,15,16). The first-order valence-corrected chi connectivity index (χ1v) is 7.24. The minimum absolute atomic E-state index is 0.118. The Morgan fingerprint density at radius 1 is 1.42 bits per heavy atom. The predicted octanol–water partition coefficient (Wildman–Crippen LogP) is 2.36. The minimum atomic E-state index is -0.118. The quantitative estimate of drug-likeness (QED) is 0.865. The monoisotopic (exact) mass is 272 g/mol. The molecule has 1 aliphatic heterocycles. The third kappa shape index (κ3) is 1.56. The molecule has 0 spiro atoms. The maximum absolute atomic E-state index is 12.3. The van der Waals surface area contributed by atoms with Crippen LogP contribution >= 0.6 is 11.3 Å².